The normalized spacial score (nSPS) is 13.5. The fourth-order valence-electron chi connectivity index (χ4n) is 3.56. The molecule has 8 heteroatoms. The molecule has 5 rings (SSSR count). The molecule has 0 unspecified atom stereocenters. The van der Waals surface area contributed by atoms with Crippen molar-refractivity contribution in [2.24, 2.45) is 0 Å². The molecule has 152 valence electrons. The standard InChI is InChI=1S/C22H20FN5OS/c1-13-3-6-15(7-4-13)20-25-22-28(26-20)18-9-10-27(12-19(18)30-22)21(29)24-16-8-5-14(2)17(23)11-16/h3-8,11H,9-10,12H2,1-2H3,(H,24,29). The van der Waals surface area contributed by atoms with Gasteiger partial charge < -0.3 is 10.2 Å². The van der Waals surface area contributed by atoms with Crippen LogP contribution in [0.15, 0.2) is 42.5 Å². The van der Waals surface area contributed by atoms with Gasteiger partial charge in [-0.25, -0.2) is 13.7 Å². The molecule has 0 fully saturated rings. The molecule has 1 aliphatic heterocycles. The molecule has 0 saturated carbocycles. The Kier molecular flexibility index (Phi) is 4.51. The van der Waals surface area contributed by atoms with Crippen molar-refractivity contribution in [3.05, 3.63) is 70.0 Å². The number of thiazole rings is 1. The molecular weight excluding hydrogens is 401 g/mol. The SMILES string of the molecule is Cc1ccc(-c2nc3sc4c(n3n2)CCN(C(=O)Nc2ccc(C)c(F)c2)C4)cc1. The summed E-state index contributed by atoms with van der Waals surface area (Å²) in [4.78, 5) is 21.0. The maximum atomic E-state index is 13.7. The Morgan fingerprint density at radius 3 is 2.73 bits per heavy atom. The summed E-state index contributed by atoms with van der Waals surface area (Å²) < 4.78 is 15.6. The van der Waals surface area contributed by atoms with Crippen LogP contribution in [-0.2, 0) is 13.0 Å². The fraction of sp³-hybridized carbons (Fsp3) is 0.227. The number of nitrogens with one attached hydrogen (secondary N) is 1. The van der Waals surface area contributed by atoms with Crippen molar-refractivity contribution in [3.63, 3.8) is 0 Å². The van der Waals surface area contributed by atoms with E-state index in [1.54, 1.807) is 35.3 Å². The number of anilines is 1. The third kappa shape index (κ3) is 3.33. The zero-order valence-electron chi connectivity index (χ0n) is 16.6. The van der Waals surface area contributed by atoms with E-state index in [1.165, 1.54) is 11.6 Å². The summed E-state index contributed by atoms with van der Waals surface area (Å²) in [5.41, 5.74) is 4.30. The lowest BCUT2D eigenvalue weighted by atomic mass is 10.1. The van der Waals surface area contributed by atoms with Gasteiger partial charge in [0, 0.05) is 29.1 Å². The smallest absolute Gasteiger partial charge is 0.319 e. The molecule has 0 saturated heterocycles. The lowest BCUT2D eigenvalue weighted by Crippen LogP contribution is -2.38. The van der Waals surface area contributed by atoms with Gasteiger partial charge in [0.15, 0.2) is 5.82 Å². The summed E-state index contributed by atoms with van der Waals surface area (Å²) in [6.07, 6.45) is 0.696. The summed E-state index contributed by atoms with van der Waals surface area (Å²) in [6, 6.07) is 12.6. The number of halogens is 1. The fourth-order valence-corrected chi connectivity index (χ4v) is 4.68. The van der Waals surface area contributed by atoms with Crippen molar-refractivity contribution in [2.45, 2.75) is 26.8 Å². The summed E-state index contributed by atoms with van der Waals surface area (Å²) >= 11 is 1.56. The first-order chi connectivity index (χ1) is 14.5. The number of aromatic nitrogens is 3. The van der Waals surface area contributed by atoms with Gasteiger partial charge >= 0.3 is 6.03 Å². The molecule has 2 aromatic heterocycles. The molecule has 3 heterocycles. The van der Waals surface area contributed by atoms with E-state index in [0.717, 1.165) is 21.1 Å². The molecular formula is C22H20FN5OS. The first kappa shape index (κ1) is 18.7. The van der Waals surface area contributed by atoms with Crippen LogP contribution in [0.25, 0.3) is 16.3 Å². The van der Waals surface area contributed by atoms with E-state index >= 15 is 0 Å². The number of nitrogens with zero attached hydrogens (tertiary/aromatic N) is 4. The Balaban J connectivity index is 1.35. The van der Waals surface area contributed by atoms with Crippen LogP contribution in [0.4, 0.5) is 14.9 Å². The summed E-state index contributed by atoms with van der Waals surface area (Å²) in [5, 5.41) is 7.48. The second-order valence-electron chi connectivity index (χ2n) is 7.53. The highest BCUT2D eigenvalue weighted by Gasteiger charge is 2.26. The topological polar surface area (TPSA) is 62.5 Å². The lowest BCUT2D eigenvalue weighted by Gasteiger charge is -2.26. The highest BCUT2D eigenvalue weighted by atomic mass is 32.1. The summed E-state index contributed by atoms with van der Waals surface area (Å²) in [5.74, 6) is 0.384. The Morgan fingerprint density at radius 2 is 1.97 bits per heavy atom. The van der Waals surface area contributed by atoms with Crippen LogP contribution < -0.4 is 5.32 Å². The molecule has 30 heavy (non-hydrogen) atoms. The number of urea groups is 1. The van der Waals surface area contributed by atoms with Gasteiger partial charge in [-0.05, 0) is 31.5 Å². The third-order valence-electron chi connectivity index (χ3n) is 5.34. The van der Waals surface area contributed by atoms with Crippen LogP contribution in [0.5, 0.6) is 0 Å². The Labute approximate surface area is 177 Å². The number of carbonyl (C=O) groups excluding carboxylic acids is 1. The zero-order chi connectivity index (χ0) is 20.8. The van der Waals surface area contributed by atoms with Crippen molar-refractivity contribution in [2.75, 3.05) is 11.9 Å². The van der Waals surface area contributed by atoms with Gasteiger partial charge in [-0.1, -0.05) is 47.2 Å². The van der Waals surface area contributed by atoms with Crippen LogP contribution >= 0.6 is 11.3 Å². The molecule has 0 aliphatic carbocycles. The van der Waals surface area contributed by atoms with Gasteiger partial charge in [0.25, 0.3) is 0 Å². The van der Waals surface area contributed by atoms with Crippen molar-refractivity contribution >= 4 is 28.0 Å². The second-order valence-corrected chi connectivity index (χ2v) is 8.60. The van der Waals surface area contributed by atoms with Crippen LogP contribution in [0.1, 0.15) is 21.7 Å². The quantitative estimate of drug-likeness (QED) is 0.506. The van der Waals surface area contributed by atoms with Crippen molar-refractivity contribution in [1.82, 2.24) is 19.5 Å². The Bertz CT molecular complexity index is 1260. The van der Waals surface area contributed by atoms with E-state index in [0.29, 0.717) is 36.6 Å². The number of fused-ring (bicyclic) bond motifs is 3. The van der Waals surface area contributed by atoms with E-state index in [-0.39, 0.29) is 11.8 Å². The van der Waals surface area contributed by atoms with Crippen LogP contribution in [-0.4, -0.2) is 32.1 Å². The maximum Gasteiger partial charge on any atom is 0.322 e. The van der Waals surface area contributed by atoms with E-state index in [9.17, 15) is 9.18 Å². The highest BCUT2D eigenvalue weighted by molar-refractivity contribution is 7.17. The number of hydrogen-bond acceptors (Lipinski definition) is 4. The van der Waals surface area contributed by atoms with E-state index < -0.39 is 0 Å². The zero-order valence-corrected chi connectivity index (χ0v) is 17.5. The van der Waals surface area contributed by atoms with Crippen molar-refractivity contribution in [3.8, 4) is 11.4 Å². The van der Waals surface area contributed by atoms with Crippen molar-refractivity contribution in [1.29, 1.82) is 0 Å². The molecule has 0 radical (unpaired) electrons. The number of amides is 2. The predicted molar refractivity (Wildman–Crippen MR) is 115 cm³/mol. The van der Waals surface area contributed by atoms with Gasteiger partial charge in [-0.15, -0.1) is 5.10 Å². The van der Waals surface area contributed by atoms with Gasteiger partial charge in [0.05, 0.1) is 12.2 Å². The molecule has 0 bridgehead atoms. The number of benzene rings is 2. The van der Waals surface area contributed by atoms with Crippen molar-refractivity contribution < 1.29 is 9.18 Å². The minimum Gasteiger partial charge on any atom is -0.319 e. The first-order valence-corrected chi connectivity index (χ1v) is 10.6. The molecule has 2 amide bonds. The van der Waals surface area contributed by atoms with Crippen LogP contribution in [0, 0.1) is 19.7 Å². The molecule has 2 aromatic carbocycles. The second kappa shape index (κ2) is 7.21. The number of hydrogen-bond donors (Lipinski definition) is 1. The number of carbonyl (C=O) groups is 1. The Morgan fingerprint density at radius 1 is 1.17 bits per heavy atom. The molecule has 4 aromatic rings. The molecule has 1 aliphatic rings. The summed E-state index contributed by atoms with van der Waals surface area (Å²) in [6.45, 7) is 4.80. The minimum atomic E-state index is -0.330. The highest BCUT2D eigenvalue weighted by Crippen LogP contribution is 2.30. The minimum absolute atomic E-state index is 0.233. The molecule has 0 atom stereocenters. The van der Waals surface area contributed by atoms with Gasteiger partial charge in [-0.3, -0.25) is 0 Å². The van der Waals surface area contributed by atoms with Crippen LogP contribution in [0.3, 0.4) is 0 Å². The largest absolute Gasteiger partial charge is 0.322 e. The van der Waals surface area contributed by atoms with Crippen LogP contribution in [0.2, 0.25) is 0 Å². The molecule has 0 spiro atoms. The predicted octanol–water partition coefficient (Wildman–Crippen LogP) is 4.80. The van der Waals surface area contributed by atoms with Gasteiger partial charge in [0.1, 0.15) is 5.82 Å². The van der Waals surface area contributed by atoms with E-state index in [2.05, 4.69) is 29.4 Å². The number of rotatable bonds is 2. The Hall–Kier alpha value is -3.26. The molecule has 6 nitrogen and oxygen atoms in total. The lowest BCUT2D eigenvalue weighted by molar-refractivity contribution is 0.206. The average Bonchev–Trinajstić information content (AvgIpc) is 3.28. The number of aryl methyl sites for hydroxylation is 2. The summed E-state index contributed by atoms with van der Waals surface area (Å²) in [7, 11) is 0. The monoisotopic (exact) mass is 421 g/mol. The van der Waals surface area contributed by atoms with E-state index in [1.807, 2.05) is 16.6 Å². The maximum absolute atomic E-state index is 13.7. The van der Waals surface area contributed by atoms with E-state index in [4.69, 9.17) is 5.10 Å². The van der Waals surface area contributed by atoms with Gasteiger partial charge in [-0.2, -0.15) is 4.98 Å². The van der Waals surface area contributed by atoms with Gasteiger partial charge in [0.2, 0.25) is 4.96 Å². The third-order valence-corrected chi connectivity index (χ3v) is 6.40. The molecule has 1 N–H and O–H groups in total. The first-order valence-electron chi connectivity index (χ1n) is 9.74. The average molecular weight is 422 g/mol.